The van der Waals surface area contributed by atoms with Gasteiger partial charge in [0.15, 0.2) is 17.5 Å². The summed E-state index contributed by atoms with van der Waals surface area (Å²) in [7, 11) is 1.55. The van der Waals surface area contributed by atoms with Crippen molar-refractivity contribution in [3.8, 4) is 11.8 Å². The first kappa shape index (κ1) is 20.2. The molecule has 162 valence electrons. The Kier molecular flexibility index (Phi) is 5.27. The predicted molar refractivity (Wildman–Crippen MR) is 110 cm³/mol. The number of aliphatic hydroxyl groups excluding tert-OH is 1. The number of fused-ring (bicyclic) bond motifs is 2. The number of aromatic nitrogens is 3. The lowest BCUT2D eigenvalue weighted by Crippen LogP contribution is -2.34. The van der Waals surface area contributed by atoms with Crippen LogP contribution in [-0.2, 0) is 15.9 Å². The highest BCUT2D eigenvalue weighted by Crippen LogP contribution is 2.30. The maximum absolute atomic E-state index is 12.7. The Morgan fingerprint density at radius 1 is 1.26 bits per heavy atom. The highest BCUT2D eigenvalue weighted by Gasteiger charge is 2.48. The first-order valence-electron chi connectivity index (χ1n) is 9.82. The van der Waals surface area contributed by atoms with Gasteiger partial charge >= 0.3 is 0 Å². The van der Waals surface area contributed by atoms with Gasteiger partial charge in [-0.05, 0) is 18.2 Å². The van der Waals surface area contributed by atoms with Crippen LogP contribution in [0.5, 0.6) is 11.8 Å². The van der Waals surface area contributed by atoms with Gasteiger partial charge in [-0.1, -0.05) is 23.7 Å². The van der Waals surface area contributed by atoms with E-state index in [0.29, 0.717) is 33.2 Å². The molecular weight excluding hydrogens is 426 g/mol. The number of aliphatic hydroxyl groups is 1. The van der Waals surface area contributed by atoms with Crippen molar-refractivity contribution in [3.63, 3.8) is 0 Å². The second kappa shape index (κ2) is 8.08. The van der Waals surface area contributed by atoms with Gasteiger partial charge < -0.3 is 29.0 Å². The summed E-state index contributed by atoms with van der Waals surface area (Å²) in [4.78, 5) is 24.5. The van der Waals surface area contributed by atoms with Crippen LogP contribution in [0.15, 0.2) is 30.3 Å². The topological polar surface area (TPSA) is 116 Å². The molecule has 5 rings (SSSR count). The lowest BCUT2D eigenvalue weighted by Gasteiger charge is -2.15. The van der Waals surface area contributed by atoms with E-state index in [2.05, 4.69) is 15.0 Å². The van der Waals surface area contributed by atoms with Crippen LogP contribution >= 0.6 is 11.6 Å². The summed E-state index contributed by atoms with van der Waals surface area (Å²) in [6.45, 7) is 0.509. The number of nitrogens with zero attached hydrogens (tertiary/aromatic N) is 2. The van der Waals surface area contributed by atoms with Crippen molar-refractivity contribution < 1.29 is 28.8 Å². The van der Waals surface area contributed by atoms with Gasteiger partial charge in [-0.2, -0.15) is 4.98 Å². The van der Waals surface area contributed by atoms with Crippen LogP contribution in [0, 0.1) is 0 Å². The number of halogens is 1. The van der Waals surface area contributed by atoms with Crippen molar-refractivity contribution in [1.82, 2.24) is 15.0 Å². The van der Waals surface area contributed by atoms with Crippen molar-refractivity contribution in [2.45, 2.75) is 30.8 Å². The normalized spacial score (nSPS) is 25.0. The lowest BCUT2D eigenvalue weighted by molar-refractivity contribution is 0.00706. The first-order valence-corrected chi connectivity index (χ1v) is 10.2. The third-order valence-corrected chi connectivity index (χ3v) is 5.77. The van der Waals surface area contributed by atoms with E-state index in [1.807, 2.05) is 0 Å². The number of hydrogen-bond acceptors (Lipinski definition) is 8. The number of aromatic amines is 1. The predicted octanol–water partition coefficient (Wildman–Crippen LogP) is 1.95. The molecule has 2 N–H and O–H groups in total. The Morgan fingerprint density at radius 2 is 2.10 bits per heavy atom. The fourth-order valence-electron chi connectivity index (χ4n) is 3.85. The van der Waals surface area contributed by atoms with Crippen LogP contribution < -0.4 is 9.47 Å². The zero-order valence-corrected chi connectivity index (χ0v) is 17.3. The van der Waals surface area contributed by atoms with Gasteiger partial charge in [-0.15, -0.1) is 0 Å². The maximum Gasteiger partial charge on any atom is 0.296 e. The number of carbonyl (C=O) groups is 1. The van der Waals surface area contributed by atoms with E-state index in [1.165, 1.54) is 0 Å². The molecule has 2 aromatic heterocycles. The molecule has 0 saturated carbocycles. The molecule has 2 fully saturated rings. The van der Waals surface area contributed by atoms with Crippen molar-refractivity contribution in [1.29, 1.82) is 0 Å². The number of Topliss-reactive ketones (excluding diaryl/α,β-unsaturated/α-hetero) is 1. The Bertz CT molecular complexity index is 1140. The molecule has 0 unspecified atom stereocenters. The Labute approximate surface area is 182 Å². The molecule has 1 aromatic carbocycles. The Hall–Kier alpha value is -2.72. The minimum atomic E-state index is -0.653. The molecule has 0 bridgehead atoms. The van der Waals surface area contributed by atoms with E-state index >= 15 is 0 Å². The molecule has 0 aliphatic carbocycles. The van der Waals surface area contributed by atoms with Gasteiger partial charge in [0.2, 0.25) is 0 Å². The molecular formula is C21H20ClN3O6. The molecule has 31 heavy (non-hydrogen) atoms. The molecule has 2 aliphatic heterocycles. The molecule has 3 aromatic rings. The second-order valence-electron chi connectivity index (χ2n) is 7.48. The largest absolute Gasteiger partial charge is 0.497 e. The van der Waals surface area contributed by atoms with Crippen molar-refractivity contribution >= 4 is 28.5 Å². The van der Waals surface area contributed by atoms with Gasteiger partial charge in [0.05, 0.1) is 43.0 Å². The van der Waals surface area contributed by atoms with Gasteiger partial charge in [0.1, 0.15) is 24.1 Å². The number of rotatable bonds is 6. The molecule has 4 atom stereocenters. The monoisotopic (exact) mass is 445 g/mol. The number of ketones is 1. The second-order valence-corrected chi connectivity index (χ2v) is 7.89. The Morgan fingerprint density at radius 3 is 2.94 bits per heavy atom. The number of nitrogens with one attached hydrogen (secondary N) is 1. The van der Waals surface area contributed by atoms with Crippen LogP contribution in [0.25, 0.3) is 11.2 Å². The molecule has 10 heteroatoms. The highest BCUT2D eigenvalue weighted by atomic mass is 35.5. The zero-order valence-electron chi connectivity index (χ0n) is 16.6. The van der Waals surface area contributed by atoms with Crippen LogP contribution in [0.1, 0.15) is 16.1 Å². The van der Waals surface area contributed by atoms with Crippen molar-refractivity contribution in [2.24, 2.45) is 0 Å². The van der Waals surface area contributed by atoms with Crippen LogP contribution in [-0.4, -0.2) is 70.6 Å². The number of H-pyrrole nitrogens is 1. The summed E-state index contributed by atoms with van der Waals surface area (Å²) in [5.41, 5.74) is 1.90. The summed E-state index contributed by atoms with van der Waals surface area (Å²) < 4.78 is 22.2. The standard InChI is InChI=1S/C21H20ClN3O6/c1-28-11-4-2-3-10(5-11)15(26)7-13-12(22)6-14-20(23-13)25-21(24-14)31-17-9-30-18-16(27)8-29-19(17)18/h2-6,16-19,27H,7-9H2,1H3,(H,23,24,25)/t16-,17-,18-,19-/m1/s1. The van der Waals surface area contributed by atoms with Crippen LogP contribution in [0.4, 0.5) is 0 Å². The molecule has 0 radical (unpaired) electrons. The lowest BCUT2D eigenvalue weighted by atomic mass is 10.1. The van der Waals surface area contributed by atoms with Crippen molar-refractivity contribution in [2.75, 3.05) is 20.3 Å². The SMILES string of the molecule is COc1cccc(C(=O)Cc2nc3nc(O[C@@H]4CO[C@H]5[C@@H]4OC[C@H]5O)[nH]c3cc2Cl)c1. The van der Waals surface area contributed by atoms with Crippen LogP contribution in [0.3, 0.4) is 0 Å². The first-order chi connectivity index (χ1) is 15.0. The minimum absolute atomic E-state index is 0.0247. The molecule has 9 nitrogen and oxygen atoms in total. The summed E-state index contributed by atoms with van der Waals surface area (Å²) in [6, 6.07) is 8.83. The third-order valence-electron chi connectivity index (χ3n) is 5.44. The zero-order chi connectivity index (χ0) is 21.5. The van der Waals surface area contributed by atoms with E-state index in [1.54, 1.807) is 37.4 Å². The third kappa shape index (κ3) is 3.85. The fourth-order valence-corrected chi connectivity index (χ4v) is 4.07. The number of hydrogen-bond donors (Lipinski definition) is 2. The number of benzene rings is 1. The molecule has 0 spiro atoms. The summed E-state index contributed by atoms with van der Waals surface area (Å²) in [5, 5.41) is 10.2. The highest BCUT2D eigenvalue weighted by molar-refractivity contribution is 6.32. The smallest absolute Gasteiger partial charge is 0.296 e. The fraction of sp³-hybridized carbons (Fsp3) is 0.381. The number of pyridine rings is 1. The van der Waals surface area contributed by atoms with E-state index in [0.717, 1.165) is 0 Å². The number of ether oxygens (including phenoxy) is 4. The van der Waals surface area contributed by atoms with Gasteiger partial charge in [0, 0.05) is 5.56 Å². The average Bonchev–Trinajstić information content (AvgIpc) is 3.45. The molecule has 0 amide bonds. The number of carbonyl (C=O) groups excluding carboxylic acids is 1. The minimum Gasteiger partial charge on any atom is -0.497 e. The summed E-state index contributed by atoms with van der Waals surface area (Å²) in [6.07, 6.45) is -1.77. The molecule has 2 aliphatic rings. The number of methoxy groups -OCH3 is 1. The van der Waals surface area contributed by atoms with E-state index in [4.69, 9.17) is 30.5 Å². The van der Waals surface area contributed by atoms with Gasteiger partial charge in [0.25, 0.3) is 6.01 Å². The molecule has 4 heterocycles. The average molecular weight is 446 g/mol. The quantitative estimate of drug-likeness (QED) is 0.553. The van der Waals surface area contributed by atoms with E-state index in [9.17, 15) is 9.90 Å². The van der Waals surface area contributed by atoms with E-state index < -0.39 is 18.3 Å². The summed E-state index contributed by atoms with van der Waals surface area (Å²) in [5.74, 6) is 0.470. The summed E-state index contributed by atoms with van der Waals surface area (Å²) >= 11 is 6.37. The Balaban J connectivity index is 1.34. The van der Waals surface area contributed by atoms with E-state index in [-0.39, 0.29) is 37.5 Å². The molecule has 2 saturated heterocycles. The van der Waals surface area contributed by atoms with Gasteiger partial charge in [-0.25, -0.2) is 4.98 Å². The maximum atomic E-state index is 12.7. The van der Waals surface area contributed by atoms with Crippen molar-refractivity contribution in [3.05, 3.63) is 46.6 Å². The van der Waals surface area contributed by atoms with Crippen LogP contribution in [0.2, 0.25) is 5.02 Å². The van der Waals surface area contributed by atoms with Gasteiger partial charge in [-0.3, -0.25) is 4.79 Å². The number of imidazole rings is 1.